The van der Waals surface area contributed by atoms with E-state index in [-0.39, 0.29) is 34.8 Å². The number of rotatable bonds is 7. The number of anilines is 1. The summed E-state index contributed by atoms with van der Waals surface area (Å²) in [5.74, 6) is -2.55. The lowest BCUT2D eigenvalue weighted by atomic mass is 10.1. The van der Waals surface area contributed by atoms with Crippen molar-refractivity contribution in [1.29, 1.82) is 0 Å². The highest BCUT2D eigenvalue weighted by Gasteiger charge is 2.45. The second-order valence-electron chi connectivity index (χ2n) is 8.27. The van der Waals surface area contributed by atoms with Crippen molar-refractivity contribution in [2.45, 2.75) is 19.0 Å². The van der Waals surface area contributed by atoms with E-state index in [1.54, 1.807) is 24.3 Å². The third-order valence-electron chi connectivity index (χ3n) is 5.99. The average molecular weight is 556 g/mol. The maximum Gasteiger partial charge on any atom is 0.337 e. The van der Waals surface area contributed by atoms with Crippen LogP contribution in [0.2, 0.25) is 10.0 Å². The standard InChI is InChI=1S/C26H19Cl2N3O7/c1-38-26(35)15-6-9-18(10-7-15)30-23(32)13-22(25(30)34)29(14-17-4-2-3-5-19(17)27)24(33)16-8-11-20(28)21(12-16)31(36)37/h2-12,22H,13-14H2,1H3. The van der Waals surface area contributed by atoms with Crippen molar-refractivity contribution >= 4 is 58.3 Å². The van der Waals surface area contributed by atoms with Crippen LogP contribution in [0.15, 0.2) is 66.7 Å². The third kappa shape index (κ3) is 5.22. The van der Waals surface area contributed by atoms with Crippen molar-refractivity contribution in [3.8, 4) is 0 Å². The van der Waals surface area contributed by atoms with E-state index < -0.39 is 40.3 Å². The summed E-state index contributed by atoms with van der Waals surface area (Å²) in [6, 6.07) is 14.7. The van der Waals surface area contributed by atoms with Gasteiger partial charge in [-0.1, -0.05) is 41.4 Å². The van der Waals surface area contributed by atoms with Gasteiger partial charge in [-0.25, -0.2) is 9.69 Å². The Hall–Kier alpha value is -4.28. The smallest absolute Gasteiger partial charge is 0.337 e. The maximum atomic E-state index is 13.7. The van der Waals surface area contributed by atoms with Crippen molar-refractivity contribution < 1.29 is 28.8 Å². The summed E-state index contributed by atoms with van der Waals surface area (Å²) < 4.78 is 4.67. The van der Waals surface area contributed by atoms with E-state index in [9.17, 15) is 29.3 Å². The van der Waals surface area contributed by atoms with Crippen molar-refractivity contribution in [2.75, 3.05) is 12.0 Å². The van der Waals surface area contributed by atoms with Crippen molar-refractivity contribution in [1.82, 2.24) is 4.90 Å². The monoisotopic (exact) mass is 555 g/mol. The lowest BCUT2D eigenvalue weighted by Gasteiger charge is -2.28. The number of benzene rings is 3. The molecule has 0 spiro atoms. The summed E-state index contributed by atoms with van der Waals surface area (Å²) >= 11 is 12.2. The van der Waals surface area contributed by atoms with Crippen molar-refractivity contribution in [3.63, 3.8) is 0 Å². The van der Waals surface area contributed by atoms with E-state index in [4.69, 9.17) is 23.2 Å². The Morgan fingerprint density at radius 3 is 2.32 bits per heavy atom. The van der Waals surface area contributed by atoms with Crippen molar-refractivity contribution in [3.05, 3.63) is 104 Å². The molecule has 38 heavy (non-hydrogen) atoms. The van der Waals surface area contributed by atoms with Crippen LogP contribution >= 0.6 is 23.2 Å². The van der Waals surface area contributed by atoms with E-state index in [1.807, 2.05) is 0 Å². The van der Waals surface area contributed by atoms with Crippen LogP contribution in [0.5, 0.6) is 0 Å². The molecule has 0 bridgehead atoms. The fourth-order valence-corrected chi connectivity index (χ4v) is 4.46. The Kier molecular flexibility index (Phi) is 7.75. The Balaban J connectivity index is 1.71. The molecule has 194 valence electrons. The second-order valence-corrected chi connectivity index (χ2v) is 9.09. The molecule has 0 N–H and O–H groups in total. The zero-order valence-corrected chi connectivity index (χ0v) is 21.3. The normalized spacial score (nSPS) is 14.9. The predicted molar refractivity (Wildman–Crippen MR) is 138 cm³/mol. The van der Waals surface area contributed by atoms with Gasteiger partial charge in [0.05, 0.1) is 29.7 Å². The molecule has 12 heteroatoms. The van der Waals surface area contributed by atoms with E-state index in [0.29, 0.717) is 10.6 Å². The molecule has 1 aliphatic heterocycles. The number of ether oxygens (including phenoxy) is 1. The molecule has 1 aliphatic rings. The Morgan fingerprint density at radius 1 is 1.03 bits per heavy atom. The van der Waals surface area contributed by atoms with Gasteiger partial charge in [0.1, 0.15) is 11.1 Å². The van der Waals surface area contributed by atoms with Crippen LogP contribution in [0, 0.1) is 10.1 Å². The summed E-state index contributed by atoms with van der Waals surface area (Å²) in [7, 11) is 1.23. The lowest BCUT2D eigenvalue weighted by molar-refractivity contribution is -0.384. The second kappa shape index (κ2) is 11.0. The number of amides is 3. The molecule has 0 saturated carbocycles. The first kappa shape index (κ1) is 26.8. The molecule has 10 nitrogen and oxygen atoms in total. The summed E-state index contributed by atoms with van der Waals surface area (Å²) in [5.41, 5.74) is 0.381. The number of nitro groups is 1. The summed E-state index contributed by atoms with van der Waals surface area (Å²) in [4.78, 5) is 64.7. The van der Waals surface area contributed by atoms with Gasteiger partial charge in [-0.15, -0.1) is 0 Å². The summed E-state index contributed by atoms with van der Waals surface area (Å²) in [5, 5.41) is 11.6. The Morgan fingerprint density at radius 2 is 1.68 bits per heavy atom. The Bertz CT molecular complexity index is 1460. The number of carbonyl (C=O) groups is 4. The van der Waals surface area contributed by atoms with Gasteiger partial charge in [-0.2, -0.15) is 0 Å². The van der Waals surface area contributed by atoms with Crippen LogP contribution < -0.4 is 4.90 Å². The number of imide groups is 1. The van der Waals surface area contributed by atoms with Crippen LogP contribution in [0.1, 0.15) is 32.7 Å². The first-order valence-corrected chi connectivity index (χ1v) is 11.9. The van der Waals surface area contributed by atoms with E-state index in [1.165, 1.54) is 43.5 Å². The number of halogens is 2. The molecule has 1 saturated heterocycles. The van der Waals surface area contributed by atoms with Gasteiger partial charge in [0, 0.05) is 23.2 Å². The molecular formula is C26H19Cl2N3O7. The number of nitro benzene ring substituents is 1. The first-order chi connectivity index (χ1) is 18.1. The van der Waals surface area contributed by atoms with Crippen LogP contribution in [0.3, 0.4) is 0 Å². The largest absolute Gasteiger partial charge is 0.465 e. The fraction of sp³-hybridized carbons (Fsp3) is 0.154. The third-order valence-corrected chi connectivity index (χ3v) is 6.68. The van der Waals surface area contributed by atoms with Crippen LogP contribution in [-0.2, 0) is 20.9 Å². The minimum Gasteiger partial charge on any atom is -0.465 e. The fourth-order valence-electron chi connectivity index (χ4n) is 4.08. The first-order valence-electron chi connectivity index (χ1n) is 11.2. The van der Waals surface area contributed by atoms with Crippen LogP contribution in [-0.4, -0.2) is 46.7 Å². The van der Waals surface area contributed by atoms with E-state index in [2.05, 4.69) is 4.74 Å². The van der Waals surface area contributed by atoms with E-state index in [0.717, 1.165) is 15.9 Å². The number of methoxy groups -OCH3 is 1. The SMILES string of the molecule is COC(=O)c1ccc(N2C(=O)CC(N(Cc3ccccc3Cl)C(=O)c3ccc(Cl)c([N+](=O)[O-])c3)C2=O)cc1. The zero-order chi connectivity index (χ0) is 27.6. The van der Waals surface area contributed by atoms with Gasteiger partial charge in [0.2, 0.25) is 5.91 Å². The molecule has 3 aromatic rings. The van der Waals surface area contributed by atoms with Gasteiger partial charge in [-0.3, -0.25) is 24.5 Å². The minimum absolute atomic E-state index is 0.0886. The highest BCUT2D eigenvalue weighted by molar-refractivity contribution is 6.33. The molecule has 0 aromatic heterocycles. The topological polar surface area (TPSA) is 127 Å². The number of nitrogens with zero attached hydrogens (tertiary/aromatic N) is 3. The molecule has 1 fully saturated rings. The number of hydrogen-bond acceptors (Lipinski definition) is 7. The molecule has 0 aliphatic carbocycles. The zero-order valence-electron chi connectivity index (χ0n) is 19.8. The molecular weight excluding hydrogens is 537 g/mol. The van der Waals surface area contributed by atoms with Crippen molar-refractivity contribution in [2.24, 2.45) is 0 Å². The summed E-state index contributed by atoms with van der Waals surface area (Å²) in [6.07, 6.45) is -0.330. The number of hydrogen-bond donors (Lipinski definition) is 0. The molecule has 4 rings (SSSR count). The average Bonchev–Trinajstić information content (AvgIpc) is 3.20. The van der Waals surface area contributed by atoms with Crippen LogP contribution in [0.25, 0.3) is 0 Å². The minimum atomic E-state index is -1.22. The number of carbonyl (C=O) groups excluding carboxylic acids is 4. The molecule has 3 aromatic carbocycles. The maximum absolute atomic E-state index is 13.7. The quantitative estimate of drug-likeness (QED) is 0.179. The van der Waals surface area contributed by atoms with Gasteiger partial charge < -0.3 is 9.64 Å². The van der Waals surface area contributed by atoms with Gasteiger partial charge in [0.15, 0.2) is 0 Å². The van der Waals surface area contributed by atoms with E-state index >= 15 is 0 Å². The van der Waals surface area contributed by atoms with Crippen LogP contribution in [0.4, 0.5) is 11.4 Å². The lowest BCUT2D eigenvalue weighted by Crippen LogP contribution is -2.45. The predicted octanol–water partition coefficient (Wildman–Crippen LogP) is 4.66. The number of esters is 1. The molecule has 1 heterocycles. The molecule has 0 radical (unpaired) electrons. The molecule has 3 amide bonds. The molecule has 1 unspecified atom stereocenters. The van der Waals surface area contributed by atoms with Gasteiger partial charge in [0.25, 0.3) is 17.5 Å². The Labute approximate surface area is 226 Å². The highest BCUT2D eigenvalue weighted by Crippen LogP contribution is 2.31. The summed E-state index contributed by atoms with van der Waals surface area (Å²) in [6.45, 7) is -0.145. The van der Waals surface area contributed by atoms with Gasteiger partial charge >= 0.3 is 5.97 Å². The van der Waals surface area contributed by atoms with Gasteiger partial charge in [-0.05, 0) is 48.0 Å². The highest BCUT2D eigenvalue weighted by atomic mass is 35.5. The molecule has 1 atom stereocenters.